The van der Waals surface area contributed by atoms with E-state index in [4.69, 9.17) is 9.78 Å². The molecule has 1 N–H and O–H groups in total. The Kier molecular flexibility index (Phi) is 6.30. The average Bonchev–Trinajstić information content (AvgIpc) is 2.44. The highest BCUT2D eigenvalue weighted by atomic mass is 17.5. The Labute approximate surface area is 151 Å². The minimum Gasteiger partial charge on any atom is -0.507 e. The highest BCUT2D eigenvalue weighted by Gasteiger charge is 2.28. The van der Waals surface area contributed by atoms with E-state index in [9.17, 15) is 9.90 Å². The largest absolute Gasteiger partial charge is 0.507 e. The summed E-state index contributed by atoms with van der Waals surface area (Å²) in [5.41, 5.74) is 0.459. The first-order chi connectivity index (χ1) is 11.2. The highest BCUT2D eigenvalue weighted by molar-refractivity contribution is 5.90. The second kappa shape index (κ2) is 7.34. The first-order valence-electron chi connectivity index (χ1n) is 8.63. The molecule has 0 aromatic heterocycles. The highest BCUT2D eigenvalue weighted by Crippen LogP contribution is 2.39. The molecule has 0 amide bonds. The monoisotopic (exact) mass is 352 g/mol. The second-order valence-corrected chi connectivity index (χ2v) is 9.06. The Morgan fingerprint density at radius 3 is 1.76 bits per heavy atom. The Bertz CT molecular complexity index is 583. The fourth-order valence-electron chi connectivity index (χ4n) is 2.14. The molecule has 142 valence electrons. The van der Waals surface area contributed by atoms with Crippen molar-refractivity contribution in [3.8, 4) is 5.75 Å². The Morgan fingerprint density at radius 1 is 0.960 bits per heavy atom. The summed E-state index contributed by atoms with van der Waals surface area (Å²) in [4.78, 5) is 22.3. The molecule has 1 aromatic rings. The summed E-state index contributed by atoms with van der Waals surface area (Å²) in [5, 5.41) is 15.3. The van der Waals surface area contributed by atoms with Crippen LogP contribution in [0.3, 0.4) is 0 Å². The van der Waals surface area contributed by atoms with Gasteiger partial charge in [0.2, 0.25) is 0 Å². The zero-order valence-corrected chi connectivity index (χ0v) is 16.9. The lowest BCUT2D eigenvalue weighted by molar-refractivity contribution is -0.512. The van der Waals surface area contributed by atoms with E-state index in [0.29, 0.717) is 23.1 Å². The Hall–Kier alpha value is -1.59. The zero-order chi connectivity index (χ0) is 19.6. The smallest absolute Gasteiger partial charge is 0.376 e. The third kappa shape index (κ3) is 5.72. The minimum atomic E-state index is -0.664. The van der Waals surface area contributed by atoms with Crippen molar-refractivity contribution in [3.63, 3.8) is 0 Å². The molecule has 0 saturated heterocycles. The Balaban J connectivity index is 3.17. The first-order valence-corrected chi connectivity index (χ1v) is 8.63. The second-order valence-electron chi connectivity index (χ2n) is 9.06. The number of hydrogen-bond donors (Lipinski definition) is 1. The summed E-state index contributed by atoms with van der Waals surface area (Å²) < 4.78 is 0. The van der Waals surface area contributed by atoms with Crippen LogP contribution < -0.4 is 0 Å². The summed E-state index contributed by atoms with van der Waals surface area (Å²) in [7, 11) is 0. The number of hydrogen-bond acceptors (Lipinski definition) is 5. The van der Waals surface area contributed by atoms with E-state index in [1.807, 2.05) is 62.3 Å². The molecule has 0 aliphatic rings. The van der Waals surface area contributed by atoms with Gasteiger partial charge in [0, 0.05) is 11.1 Å². The molecule has 0 atom stereocenters. The van der Waals surface area contributed by atoms with Gasteiger partial charge in [-0.25, -0.2) is 4.79 Å². The Morgan fingerprint density at radius 2 is 1.40 bits per heavy atom. The molecule has 1 aromatic carbocycles. The number of phenolic OH excluding ortho intramolecular Hbond substituents is 1. The number of carbonyl (C=O) groups is 1. The van der Waals surface area contributed by atoms with Crippen LogP contribution in [-0.2, 0) is 25.6 Å². The van der Waals surface area contributed by atoms with Gasteiger partial charge in [-0.15, -0.1) is 0 Å². The number of rotatable bonds is 5. The van der Waals surface area contributed by atoms with Gasteiger partial charge >= 0.3 is 5.97 Å². The third-order valence-electron chi connectivity index (χ3n) is 4.18. The molecule has 0 radical (unpaired) electrons. The van der Waals surface area contributed by atoms with Gasteiger partial charge in [-0.2, -0.15) is 4.89 Å². The van der Waals surface area contributed by atoms with E-state index >= 15 is 0 Å². The lowest BCUT2D eigenvalue weighted by Crippen LogP contribution is -2.24. The minimum absolute atomic E-state index is 0.209. The molecule has 25 heavy (non-hydrogen) atoms. The molecule has 0 aliphatic carbocycles. The van der Waals surface area contributed by atoms with Gasteiger partial charge in [0.15, 0.2) is 0 Å². The van der Waals surface area contributed by atoms with Crippen molar-refractivity contribution in [1.29, 1.82) is 0 Å². The standard InChI is InChI=1S/C20H32O5/c1-10-20(8,9)24-25-23-17(22)13-11-14(18(2,3)4)16(21)15(12-13)19(5,6)7/h11-12,21H,10H2,1-9H3. The van der Waals surface area contributed by atoms with Gasteiger partial charge in [-0.05, 0) is 48.3 Å². The maximum atomic E-state index is 12.4. The van der Waals surface area contributed by atoms with Crippen LogP contribution in [0, 0.1) is 0 Å². The maximum absolute atomic E-state index is 12.4. The van der Waals surface area contributed by atoms with Gasteiger partial charge in [0.1, 0.15) is 11.4 Å². The van der Waals surface area contributed by atoms with Gasteiger partial charge in [-0.3, -0.25) is 4.89 Å². The molecule has 0 unspecified atom stereocenters. The number of aromatic hydroxyl groups is 1. The molecule has 5 heteroatoms. The van der Waals surface area contributed by atoms with E-state index in [1.54, 1.807) is 12.1 Å². The third-order valence-corrected chi connectivity index (χ3v) is 4.18. The zero-order valence-electron chi connectivity index (χ0n) is 16.9. The van der Waals surface area contributed by atoms with Crippen molar-refractivity contribution in [2.24, 2.45) is 0 Å². The van der Waals surface area contributed by atoms with Gasteiger partial charge in [0.25, 0.3) is 0 Å². The topological polar surface area (TPSA) is 65.0 Å². The van der Waals surface area contributed by atoms with Crippen LogP contribution in [0.1, 0.15) is 90.2 Å². The number of benzene rings is 1. The SMILES string of the molecule is CCC(C)(C)OOOC(=O)c1cc(C(C)(C)C)c(O)c(C(C)(C)C)c1. The van der Waals surface area contributed by atoms with E-state index in [-0.39, 0.29) is 16.6 Å². The van der Waals surface area contributed by atoms with Crippen LogP contribution in [0.2, 0.25) is 0 Å². The lowest BCUT2D eigenvalue weighted by Gasteiger charge is -2.27. The molecular weight excluding hydrogens is 320 g/mol. The molecular formula is C20H32O5. The summed E-state index contributed by atoms with van der Waals surface area (Å²) in [5.74, 6) is -0.455. The van der Waals surface area contributed by atoms with Crippen LogP contribution in [0.4, 0.5) is 0 Å². The fourth-order valence-corrected chi connectivity index (χ4v) is 2.14. The van der Waals surface area contributed by atoms with Crippen molar-refractivity contribution in [2.75, 3.05) is 0 Å². The predicted molar refractivity (Wildman–Crippen MR) is 97.5 cm³/mol. The van der Waals surface area contributed by atoms with Crippen LogP contribution in [0.15, 0.2) is 12.1 Å². The first kappa shape index (κ1) is 21.5. The van der Waals surface area contributed by atoms with Crippen molar-refractivity contribution < 1.29 is 24.7 Å². The number of carbonyl (C=O) groups excluding carboxylic acids is 1. The summed E-state index contributed by atoms with van der Waals surface area (Å²) in [6, 6.07) is 3.28. The average molecular weight is 352 g/mol. The molecule has 0 spiro atoms. The van der Waals surface area contributed by atoms with Crippen molar-refractivity contribution >= 4 is 5.97 Å². The quantitative estimate of drug-likeness (QED) is 0.583. The van der Waals surface area contributed by atoms with Gasteiger partial charge in [0.05, 0.1) is 5.56 Å². The molecule has 1 rings (SSSR count). The van der Waals surface area contributed by atoms with Crippen molar-refractivity contribution in [3.05, 3.63) is 28.8 Å². The van der Waals surface area contributed by atoms with Gasteiger partial charge < -0.3 is 5.11 Å². The summed E-state index contributed by atoms with van der Waals surface area (Å²) in [6.45, 7) is 17.5. The van der Waals surface area contributed by atoms with Crippen molar-refractivity contribution in [2.45, 2.75) is 85.2 Å². The maximum Gasteiger partial charge on any atom is 0.376 e. The van der Waals surface area contributed by atoms with Crippen molar-refractivity contribution in [1.82, 2.24) is 0 Å². The van der Waals surface area contributed by atoms with Crippen LogP contribution in [0.25, 0.3) is 0 Å². The van der Waals surface area contributed by atoms with E-state index in [0.717, 1.165) is 0 Å². The van der Waals surface area contributed by atoms with E-state index < -0.39 is 11.6 Å². The molecule has 0 bridgehead atoms. The fraction of sp³-hybridized carbons (Fsp3) is 0.650. The molecule has 0 heterocycles. The normalized spacial score (nSPS) is 13.0. The van der Waals surface area contributed by atoms with E-state index in [2.05, 4.69) is 5.04 Å². The lowest BCUT2D eigenvalue weighted by atomic mass is 9.78. The van der Waals surface area contributed by atoms with Crippen LogP contribution in [-0.4, -0.2) is 16.7 Å². The summed E-state index contributed by atoms with van der Waals surface area (Å²) in [6.07, 6.45) is 0.701. The molecule has 0 fully saturated rings. The van der Waals surface area contributed by atoms with Crippen LogP contribution >= 0.6 is 0 Å². The van der Waals surface area contributed by atoms with Gasteiger partial charge in [-0.1, -0.05) is 48.5 Å². The summed E-state index contributed by atoms with van der Waals surface area (Å²) >= 11 is 0. The number of phenols is 1. The molecule has 0 saturated carbocycles. The predicted octanol–water partition coefficient (Wildman–Crippen LogP) is 5.20. The molecule has 5 nitrogen and oxygen atoms in total. The van der Waals surface area contributed by atoms with Crippen LogP contribution in [0.5, 0.6) is 5.75 Å². The molecule has 0 aliphatic heterocycles. The van der Waals surface area contributed by atoms with E-state index in [1.165, 1.54) is 0 Å².